The number of carbonyl (C=O) groups excluding carboxylic acids is 1. The quantitative estimate of drug-likeness (QED) is 0.652. The zero-order valence-electron chi connectivity index (χ0n) is 9.49. The molecule has 0 amide bonds. The zero-order valence-corrected chi connectivity index (χ0v) is 10.2. The van der Waals surface area contributed by atoms with Crippen LogP contribution in [-0.4, -0.2) is 16.0 Å². The molecule has 0 unspecified atom stereocenters. The lowest BCUT2D eigenvalue weighted by molar-refractivity contribution is 0.104. The van der Waals surface area contributed by atoms with Crippen molar-refractivity contribution in [2.75, 3.05) is 0 Å². The highest BCUT2D eigenvalue weighted by Crippen LogP contribution is 2.49. The van der Waals surface area contributed by atoms with E-state index in [0.717, 1.165) is 11.6 Å². The van der Waals surface area contributed by atoms with Crippen LogP contribution < -0.4 is 0 Å². The highest BCUT2D eigenvalue weighted by Gasteiger charge is 2.33. The van der Waals surface area contributed by atoms with Crippen molar-refractivity contribution in [2.24, 2.45) is 0 Å². The lowest BCUT2D eigenvalue weighted by atomic mass is 10.00. The van der Waals surface area contributed by atoms with E-state index < -0.39 is 0 Å². The normalized spacial score (nSPS) is 12.4. The highest BCUT2D eigenvalue weighted by molar-refractivity contribution is 6.39. The third kappa shape index (κ3) is 1.22. The van der Waals surface area contributed by atoms with Crippen LogP contribution >= 0.6 is 11.6 Å². The molecule has 0 bridgehead atoms. The second-order valence-corrected chi connectivity index (χ2v) is 4.68. The van der Waals surface area contributed by atoms with Crippen molar-refractivity contribution < 1.29 is 15.0 Å². The minimum Gasteiger partial charge on any atom is -0.507 e. The first kappa shape index (κ1) is 11.1. The van der Waals surface area contributed by atoms with Gasteiger partial charge in [0, 0.05) is 22.8 Å². The van der Waals surface area contributed by atoms with Crippen LogP contribution in [0, 0.1) is 6.92 Å². The lowest BCUT2D eigenvalue weighted by Gasteiger charge is -2.08. The Hall–Kier alpha value is -2.00. The first-order valence-electron chi connectivity index (χ1n) is 5.41. The highest BCUT2D eigenvalue weighted by atomic mass is 35.5. The van der Waals surface area contributed by atoms with E-state index in [1.807, 2.05) is 13.0 Å². The van der Waals surface area contributed by atoms with Crippen LogP contribution in [-0.2, 0) is 0 Å². The van der Waals surface area contributed by atoms with Gasteiger partial charge in [-0.2, -0.15) is 0 Å². The molecule has 0 saturated heterocycles. The second-order valence-electron chi connectivity index (χ2n) is 4.31. The van der Waals surface area contributed by atoms with Crippen molar-refractivity contribution >= 4 is 17.4 Å². The minimum atomic E-state index is -0.285. The number of phenolic OH excluding ortho intramolecular Hbond substituents is 2. The van der Waals surface area contributed by atoms with Crippen molar-refractivity contribution in [1.82, 2.24) is 0 Å². The Balaban J connectivity index is 2.50. The van der Waals surface area contributed by atoms with E-state index in [4.69, 9.17) is 11.6 Å². The molecule has 1 aliphatic carbocycles. The number of ketones is 1. The molecule has 0 fully saturated rings. The molecule has 0 aliphatic heterocycles. The minimum absolute atomic E-state index is 0.0107. The number of aromatic hydroxyl groups is 2. The van der Waals surface area contributed by atoms with Gasteiger partial charge in [0.25, 0.3) is 0 Å². The van der Waals surface area contributed by atoms with Gasteiger partial charge in [-0.3, -0.25) is 4.79 Å². The predicted molar refractivity (Wildman–Crippen MR) is 68.4 cm³/mol. The number of aryl methyl sites for hydroxylation is 1. The lowest BCUT2D eigenvalue weighted by Crippen LogP contribution is -1.96. The van der Waals surface area contributed by atoms with Crippen LogP contribution in [0.2, 0.25) is 5.02 Å². The first-order valence-corrected chi connectivity index (χ1v) is 5.79. The van der Waals surface area contributed by atoms with Crippen LogP contribution in [0.3, 0.4) is 0 Å². The summed E-state index contributed by atoms with van der Waals surface area (Å²) in [6.07, 6.45) is 0. The van der Waals surface area contributed by atoms with Gasteiger partial charge in [0.15, 0.2) is 5.78 Å². The van der Waals surface area contributed by atoms with Gasteiger partial charge in [0.1, 0.15) is 11.5 Å². The van der Waals surface area contributed by atoms with Crippen LogP contribution in [0.25, 0.3) is 11.1 Å². The maximum Gasteiger partial charge on any atom is 0.196 e. The number of phenols is 2. The molecular weight excluding hydrogens is 252 g/mol. The van der Waals surface area contributed by atoms with E-state index in [1.54, 1.807) is 12.1 Å². The maximum absolute atomic E-state index is 12.3. The summed E-state index contributed by atoms with van der Waals surface area (Å²) >= 11 is 5.97. The molecule has 2 aromatic carbocycles. The molecule has 3 rings (SSSR count). The third-order valence-electron chi connectivity index (χ3n) is 3.22. The summed E-state index contributed by atoms with van der Waals surface area (Å²) in [5, 5.41) is 19.5. The summed E-state index contributed by atoms with van der Waals surface area (Å²) in [5.74, 6) is -0.681. The Kier molecular flexibility index (Phi) is 2.16. The Morgan fingerprint density at radius 2 is 1.78 bits per heavy atom. The second kappa shape index (κ2) is 3.50. The van der Waals surface area contributed by atoms with Gasteiger partial charge < -0.3 is 10.2 Å². The molecule has 2 N–H and O–H groups in total. The van der Waals surface area contributed by atoms with E-state index in [1.165, 1.54) is 0 Å². The van der Waals surface area contributed by atoms with Gasteiger partial charge >= 0.3 is 0 Å². The number of hydrogen-bond acceptors (Lipinski definition) is 3. The number of benzene rings is 2. The van der Waals surface area contributed by atoms with E-state index in [9.17, 15) is 15.0 Å². The van der Waals surface area contributed by atoms with Crippen molar-refractivity contribution in [2.45, 2.75) is 6.92 Å². The smallest absolute Gasteiger partial charge is 0.196 e. The fourth-order valence-electron chi connectivity index (χ4n) is 2.42. The van der Waals surface area contributed by atoms with Crippen molar-refractivity contribution in [3.63, 3.8) is 0 Å². The monoisotopic (exact) mass is 260 g/mol. The molecule has 4 heteroatoms. The summed E-state index contributed by atoms with van der Waals surface area (Å²) in [5.41, 5.74) is 2.68. The van der Waals surface area contributed by atoms with Crippen molar-refractivity contribution in [3.8, 4) is 22.6 Å². The molecule has 90 valence electrons. The van der Waals surface area contributed by atoms with Gasteiger partial charge in [0.2, 0.25) is 0 Å². The largest absolute Gasteiger partial charge is 0.507 e. The van der Waals surface area contributed by atoms with Crippen molar-refractivity contribution in [1.29, 1.82) is 0 Å². The maximum atomic E-state index is 12.3. The van der Waals surface area contributed by atoms with Crippen LogP contribution in [0.15, 0.2) is 24.3 Å². The fourth-order valence-corrected chi connectivity index (χ4v) is 2.66. The van der Waals surface area contributed by atoms with Gasteiger partial charge in [-0.15, -0.1) is 0 Å². The standard InChI is InChI=1S/C14H9ClO3/c1-6-3-2-4-7-10(6)11-8(16)5-9(17)13(15)12(11)14(7)18/h2-5,16-17H,1H3. The van der Waals surface area contributed by atoms with Crippen molar-refractivity contribution in [3.05, 3.63) is 46.0 Å². The molecule has 3 nitrogen and oxygen atoms in total. The molecule has 1 aliphatic rings. The first-order chi connectivity index (χ1) is 8.52. The van der Waals surface area contributed by atoms with Crippen LogP contribution in [0.4, 0.5) is 0 Å². The number of carbonyl (C=O) groups is 1. The summed E-state index contributed by atoms with van der Waals surface area (Å²) in [7, 11) is 0. The molecule has 0 atom stereocenters. The molecule has 0 saturated carbocycles. The summed E-state index contributed by atoms with van der Waals surface area (Å²) < 4.78 is 0. The van der Waals surface area contributed by atoms with E-state index in [0.29, 0.717) is 16.7 Å². The fraction of sp³-hybridized carbons (Fsp3) is 0.0714. The Labute approximate surface area is 108 Å². The van der Waals surface area contributed by atoms with E-state index >= 15 is 0 Å². The Bertz CT molecular complexity index is 705. The van der Waals surface area contributed by atoms with E-state index in [2.05, 4.69) is 0 Å². The van der Waals surface area contributed by atoms with Crippen LogP contribution in [0.5, 0.6) is 11.5 Å². The third-order valence-corrected chi connectivity index (χ3v) is 3.60. The van der Waals surface area contributed by atoms with Gasteiger partial charge in [-0.25, -0.2) is 0 Å². The number of fused-ring (bicyclic) bond motifs is 3. The number of hydrogen-bond donors (Lipinski definition) is 2. The molecule has 2 aromatic rings. The molecule has 0 aromatic heterocycles. The average molecular weight is 261 g/mol. The number of halogens is 1. The Morgan fingerprint density at radius 1 is 1.06 bits per heavy atom. The Morgan fingerprint density at radius 3 is 2.50 bits per heavy atom. The summed E-state index contributed by atoms with van der Waals surface area (Å²) in [4.78, 5) is 12.3. The summed E-state index contributed by atoms with van der Waals surface area (Å²) in [6.45, 7) is 1.86. The average Bonchev–Trinajstić information content (AvgIpc) is 2.63. The van der Waals surface area contributed by atoms with Gasteiger partial charge in [0.05, 0.1) is 10.6 Å². The number of rotatable bonds is 0. The molecule has 18 heavy (non-hydrogen) atoms. The predicted octanol–water partition coefficient (Wildman–Crippen LogP) is 3.27. The topological polar surface area (TPSA) is 57.5 Å². The van der Waals surface area contributed by atoms with E-state index in [-0.39, 0.29) is 27.9 Å². The molecule has 0 radical (unpaired) electrons. The van der Waals surface area contributed by atoms with Gasteiger partial charge in [-0.1, -0.05) is 29.8 Å². The molecular formula is C14H9ClO3. The van der Waals surface area contributed by atoms with Gasteiger partial charge in [-0.05, 0) is 12.5 Å². The van der Waals surface area contributed by atoms with Crippen LogP contribution in [0.1, 0.15) is 21.5 Å². The summed E-state index contributed by atoms with van der Waals surface area (Å²) in [6, 6.07) is 6.50. The zero-order chi connectivity index (χ0) is 13.0. The molecule has 0 heterocycles. The molecule has 0 spiro atoms. The SMILES string of the molecule is Cc1cccc2c1-c1c(O)cc(O)c(Cl)c1C2=O.